The molecule has 1 aliphatic heterocycles. The van der Waals surface area contributed by atoms with Gasteiger partial charge in [0.1, 0.15) is 29.6 Å². The second-order valence-electron chi connectivity index (χ2n) is 8.49. The van der Waals surface area contributed by atoms with Gasteiger partial charge < -0.3 is 10.6 Å². The van der Waals surface area contributed by atoms with Crippen LogP contribution in [0.1, 0.15) is 68.4 Å². The minimum Gasteiger partial charge on any atom is -0.382 e. The third-order valence-corrected chi connectivity index (χ3v) is 6.95. The summed E-state index contributed by atoms with van der Waals surface area (Å²) in [5.41, 5.74) is 6.73. The quantitative estimate of drug-likeness (QED) is 0.638. The van der Waals surface area contributed by atoms with Crippen LogP contribution in [-0.2, 0) is 0 Å². The Kier molecular flexibility index (Phi) is 5.43. The summed E-state index contributed by atoms with van der Waals surface area (Å²) in [5.74, 6) is 1.37. The van der Waals surface area contributed by atoms with Gasteiger partial charge in [-0.3, -0.25) is 9.36 Å². The van der Waals surface area contributed by atoms with Gasteiger partial charge in [-0.05, 0) is 37.8 Å². The average Bonchev–Trinajstić information content (AvgIpc) is 3.29. The normalized spacial score (nSPS) is 19.4. The van der Waals surface area contributed by atoms with Gasteiger partial charge >= 0.3 is 0 Å². The minimum absolute atomic E-state index is 0.0861. The van der Waals surface area contributed by atoms with E-state index in [0.717, 1.165) is 44.3 Å². The number of nitrogens with two attached hydrogens (primary N) is 1. The van der Waals surface area contributed by atoms with Crippen molar-refractivity contribution in [3.8, 4) is 6.07 Å². The van der Waals surface area contributed by atoms with E-state index in [9.17, 15) is 10.1 Å². The number of anilines is 2. The Balaban J connectivity index is 1.72. The molecule has 32 heavy (non-hydrogen) atoms. The van der Waals surface area contributed by atoms with E-state index in [1.807, 2.05) is 21.6 Å². The standard InChI is InChI=1S/C23H24ClN7O/c24-16-8-4-9-17-19(16)23(32)31(14-6-2-1-3-7-14)22(29-17)18-10-5-11-30(18)21-15(12-25)20(26)27-13-28-21/h4,8-9,13-14,18H,1-3,5-7,10-11H2,(H2,26,27,28)/t18-/m0/s1. The highest BCUT2D eigenvalue weighted by Gasteiger charge is 2.35. The Morgan fingerprint density at radius 1 is 1.12 bits per heavy atom. The molecule has 2 N–H and O–H groups in total. The molecule has 0 bridgehead atoms. The van der Waals surface area contributed by atoms with Crippen LogP contribution in [0.2, 0.25) is 5.02 Å². The van der Waals surface area contributed by atoms with E-state index in [1.165, 1.54) is 12.7 Å². The number of halogens is 1. The lowest BCUT2D eigenvalue weighted by molar-refractivity contribution is 0.330. The van der Waals surface area contributed by atoms with E-state index < -0.39 is 0 Å². The Bertz CT molecular complexity index is 1280. The molecule has 164 valence electrons. The van der Waals surface area contributed by atoms with Crippen LogP contribution < -0.4 is 16.2 Å². The molecule has 2 aromatic heterocycles. The molecule has 2 aliphatic rings. The van der Waals surface area contributed by atoms with Crippen LogP contribution in [0.4, 0.5) is 11.6 Å². The molecule has 0 unspecified atom stereocenters. The van der Waals surface area contributed by atoms with Gasteiger partial charge in [0.2, 0.25) is 0 Å². The van der Waals surface area contributed by atoms with Gasteiger partial charge in [0.05, 0.1) is 22.0 Å². The lowest BCUT2D eigenvalue weighted by Crippen LogP contribution is -2.36. The van der Waals surface area contributed by atoms with Crippen LogP contribution in [0.3, 0.4) is 0 Å². The van der Waals surface area contributed by atoms with Crippen LogP contribution in [0.5, 0.6) is 0 Å². The molecular weight excluding hydrogens is 426 g/mol. The van der Waals surface area contributed by atoms with Crippen molar-refractivity contribution in [3.05, 3.63) is 51.3 Å². The summed E-state index contributed by atoms with van der Waals surface area (Å²) in [4.78, 5) is 29.2. The lowest BCUT2D eigenvalue weighted by Gasteiger charge is -2.32. The number of hydrogen-bond donors (Lipinski definition) is 1. The van der Waals surface area contributed by atoms with Crippen LogP contribution >= 0.6 is 11.6 Å². The van der Waals surface area contributed by atoms with Crippen molar-refractivity contribution in [1.29, 1.82) is 5.26 Å². The predicted octanol–water partition coefficient (Wildman–Crippen LogP) is 4.14. The fourth-order valence-electron chi connectivity index (χ4n) is 5.15. The van der Waals surface area contributed by atoms with Gasteiger partial charge in [0.15, 0.2) is 5.82 Å². The van der Waals surface area contributed by atoms with E-state index >= 15 is 0 Å². The largest absolute Gasteiger partial charge is 0.382 e. The van der Waals surface area contributed by atoms with Gasteiger partial charge in [-0.15, -0.1) is 0 Å². The SMILES string of the molecule is N#Cc1c(N)ncnc1N1CCC[C@H]1c1nc2cccc(Cl)c2c(=O)n1C1CCCCC1. The summed E-state index contributed by atoms with van der Waals surface area (Å²) in [6.07, 6.45) is 8.33. The zero-order valence-corrected chi connectivity index (χ0v) is 18.4. The Morgan fingerprint density at radius 3 is 2.72 bits per heavy atom. The van der Waals surface area contributed by atoms with E-state index in [4.69, 9.17) is 22.3 Å². The van der Waals surface area contributed by atoms with Gasteiger partial charge in [-0.2, -0.15) is 5.26 Å². The number of rotatable bonds is 3. The fraction of sp³-hybridized carbons (Fsp3) is 0.435. The van der Waals surface area contributed by atoms with Crippen molar-refractivity contribution >= 4 is 34.1 Å². The number of fused-ring (bicyclic) bond motifs is 1. The molecular formula is C23H24ClN7O. The van der Waals surface area contributed by atoms with Crippen molar-refractivity contribution < 1.29 is 0 Å². The maximum Gasteiger partial charge on any atom is 0.263 e. The zero-order chi connectivity index (χ0) is 22.2. The molecule has 0 amide bonds. The van der Waals surface area contributed by atoms with Crippen LogP contribution in [0, 0.1) is 11.3 Å². The molecule has 1 atom stereocenters. The van der Waals surface area contributed by atoms with Crippen LogP contribution in [-0.4, -0.2) is 26.1 Å². The average molecular weight is 450 g/mol. The third-order valence-electron chi connectivity index (χ3n) is 6.64. The van der Waals surface area contributed by atoms with Gasteiger partial charge in [0.25, 0.3) is 5.56 Å². The molecule has 0 radical (unpaired) electrons. The molecule has 8 nitrogen and oxygen atoms in total. The summed E-state index contributed by atoms with van der Waals surface area (Å²) in [6, 6.07) is 7.43. The van der Waals surface area contributed by atoms with Gasteiger partial charge in [-0.25, -0.2) is 15.0 Å². The highest BCUT2D eigenvalue weighted by Crippen LogP contribution is 2.39. The molecule has 3 aromatic rings. The van der Waals surface area contributed by atoms with E-state index in [2.05, 4.69) is 16.0 Å². The molecule has 9 heteroatoms. The molecule has 2 fully saturated rings. The third kappa shape index (κ3) is 3.37. The fourth-order valence-corrected chi connectivity index (χ4v) is 5.40. The molecule has 1 saturated heterocycles. The van der Waals surface area contributed by atoms with Crippen molar-refractivity contribution in [3.63, 3.8) is 0 Å². The zero-order valence-electron chi connectivity index (χ0n) is 17.7. The Hall–Kier alpha value is -3.18. The summed E-state index contributed by atoms with van der Waals surface area (Å²) in [5, 5.41) is 10.6. The second-order valence-corrected chi connectivity index (χ2v) is 8.90. The lowest BCUT2D eigenvalue weighted by atomic mass is 9.94. The first-order valence-electron chi connectivity index (χ1n) is 11.1. The van der Waals surface area contributed by atoms with Crippen molar-refractivity contribution in [2.75, 3.05) is 17.2 Å². The van der Waals surface area contributed by atoms with Crippen molar-refractivity contribution in [2.45, 2.75) is 57.0 Å². The summed E-state index contributed by atoms with van der Waals surface area (Å²) in [7, 11) is 0. The number of nitriles is 1. The topological polar surface area (TPSA) is 114 Å². The number of nitrogen functional groups attached to an aromatic ring is 1. The maximum atomic E-state index is 13.8. The number of nitrogens with zero attached hydrogens (tertiary/aromatic N) is 6. The molecule has 3 heterocycles. The first kappa shape index (κ1) is 20.7. The number of benzene rings is 1. The summed E-state index contributed by atoms with van der Waals surface area (Å²) >= 11 is 6.44. The summed E-state index contributed by atoms with van der Waals surface area (Å²) in [6.45, 7) is 0.698. The Labute approximate surface area is 190 Å². The molecule has 0 spiro atoms. The van der Waals surface area contributed by atoms with Gasteiger partial charge in [-0.1, -0.05) is 36.9 Å². The van der Waals surface area contributed by atoms with Crippen molar-refractivity contribution in [1.82, 2.24) is 19.5 Å². The monoisotopic (exact) mass is 449 g/mol. The maximum absolute atomic E-state index is 13.8. The highest BCUT2D eigenvalue weighted by atomic mass is 35.5. The molecule has 1 aromatic carbocycles. The molecule has 1 saturated carbocycles. The predicted molar refractivity (Wildman–Crippen MR) is 124 cm³/mol. The van der Waals surface area contributed by atoms with E-state index in [0.29, 0.717) is 28.3 Å². The number of hydrogen-bond acceptors (Lipinski definition) is 7. The number of aromatic nitrogens is 4. The summed E-state index contributed by atoms with van der Waals surface area (Å²) < 4.78 is 1.88. The first-order valence-corrected chi connectivity index (χ1v) is 11.5. The van der Waals surface area contributed by atoms with Crippen LogP contribution in [0.25, 0.3) is 10.9 Å². The Morgan fingerprint density at radius 2 is 1.94 bits per heavy atom. The van der Waals surface area contributed by atoms with E-state index in [1.54, 1.807) is 6.07 Å². The highest BCUT2D eigenvalue weighted by molar-refractivity contribution is 6.35. The molecule has 5 rings (SSSR count). The molecule has 1 aliphatic carbocycles. The van der Waals surface area contributed by atoms with Gasteiger partial charge in [0, 0.05) is 12.6 Å². The van der Waals surface area contributed by atoms with Crippen LogP contribution in [0.15, 0.2) is 29.3 Å². The second kappa shape index (κ2) is 8.40. The smallest absolute Gasteiger partial charge is 0.263 e. The van der Waals surface area contributed by atoms with E-state index in [-0.39, 0.29) is 29.0 Å². The van der Waals surface area contributed by atoms with Crippen molar-refractivity contribution in [2.24, 2.45) is 0 Å². The first-order chi connectivity index (χ1) is 15.6. The minimum atomic E-state index is -0.186.